The van der Waals surface area contributed by atoms with E-state index < -0.39 is 10.0 Å². The minimum absolute atomic E-state index is 0.0667. The summed E-state index contributed by atoms with van der Waals surface area (Å²) in [5.41, 5.74) is 2.19. The van der Waals surface area contributed by atoms with E-state index in [1.165, 1.54) is 4.31 Å². The molecule has 1 saturated heterocycles. The van der Waals surface area contributed by atoms with Gasteiger partial charge in [0.25, 0.3) is 10.0 Å². The normalized spacial score (nSPS) is 16.4. The Hall–Kier alpha value is -2.63. The van der Waals surface area contributed by atoms with Crippen molar-refractivity contribution in [3.63, 3.8) is 0 Å². The van der Waals surface area contributed by atoms with Gasteiger partial charge in [0.05, 0.1) is 22.9 Å². The molecular formula is C20H17NO3S. The number of ether oxygens (including phenoxy) is 1. The Morgan fingerprint density at radius 1 is 0.800 bits per heavy atom. The average molecular weight is 351 g/mol. The van der Waals surface area contributed by atoms with Crippen LogP contribution in [0.5, 0.6) is 0 Å². The van der Waals surface area contributed by atoms with Crippen LogP contribution >= 0.6 is 0 Å². The van der Waals surface area contributed by atoms with Crippen LogP contribution in [0.3, 0.4) is 0 Å². The van der Waals surface area contributed by atoms with Crippen LogP contribution in [0.2, 0.25) is 0 Å². The van der Waals surface area contributed by atoms with E-state index in [1.54, 1.807) is 48.5 Å². The Morgan fingerprint density at radius 2 is 1.40 bits per heavy atom. The van der Waals surface area contributed by atoms with Crippen molar-refractivity contribution in [1.82, 2.24) is 0 Å². The van der Waals surface area contributed by atoms with Gasteiger partial charge < -0.3 is 4.74 Å². The average Bonchev–Trinajstić information content (AvgIpc) is 3.49. The molecule has 5 heteroatoms. The number of benzene rings is 3. The highest BCUT2D eigenvalue weighted by atomic mass is 32.2. The zero-order valence-corrected chi connectivity index (χ0v) is 14.3. The van der Waals surface area contributed by atoms with E-state index in [4.69, 9.17) is 4.74 Å². The quantitative estimate of drug-likeness (QED) is 0.645. The molecule has 1 aliphatic heterocycles. The molecule has 0 radical (unpaired) electrons. The number of sulfonamides is 1. The molecule has 25 heavy (non-hydrogen) atoms. The van der Waals surface area contributed by atoms with Crippen molar-refractivity contribution in [2.45, 2.75) is 11.0 Å². The van der Waals surface area contributed by atoms with Crippen molar-refractivity contribution in [2.75, 3.05) is 10.9 Å². The van der Waals surface area contributed by atoms with Gasteiger partial charge in [0, 0.05) is 0 Å². The molecule has 1 heterocycles. The van der Waals surface area contributed by atoms with Crippen molar-refractivity contribution >= 4 is 21.4 Å². The molecule has 4 rings (SSSR count). The van der Waals surface area contributed by atoms with Crippen LogP contribution < -0.4 is 4.31 Å². The highest BCUT2D eigenvalue weighted by Crippen LogP contribution is 2.36. The van der Waals surface area contributed by atoms with Gasteiger partial charge in [0.15, 0.2) is 0 Å². The highest BCUT2D eigenvalue weighted by molar-refractivity contribution is 7.93. The second-order valence-electron chi connectivity index (χ2n) is 5.84. The molecule has 0 amide bonds. The van der Waals surface area contributed by atoms with Crippen LogP contribution in [0.4, 0.5) is 11.4 Å². The van der Waals surface area contributed by atoms with Gasteiger partial charge in [-0.05, 0) is 42.0 Å². The lowest BCUT2D eigenvalue weighted by atomic mass is 10.1. The van der Waals surface area contributed by atoms with E-state index >= 15 is 0 Å². The Morgan fingerprint density at radius 3 is 2.04 bits per heavy atom. The molecule has 1 fully saturated rings. The number of para-hydroxylation sites is 1. The van der Waals surface area contributed by atoms with E-state index in [0.717, 1.165) is 5.56 Å². The number of hydrogen-bond donors (Lipinski definition) is 0. The lowest BCUT2D eigenvalue weighted by Gasteiger charge is -2.25. The summed E-state index contributed by atoms with van der Waals surface area (Å²) in [6, 6.07) is 25.1. The van der Waals surface area contributed by atoms with Gasteiger partial charge >= 0.3 is 0 Å². The summed E-state index contributed by atoms with van der Waals surface area (Å²) in [4.78, 5) is 0.256. The predicted molar refractivity (Wildman–Crippen MR) is 97.3 cm³/mol. The smallest absolute Gasteiger partial charge is 0.268 e. The summed E-state index contributed by atoms with van der Waals surface area (Å²) in [5.74, 6) is 0. The van der Waals surface area contributed by atoms with Gasteiger partial charge in [-0.15, -0.1) is 0 Å². The Labute approximate surface area is 147 Å². The fourth-order valence-electron chi connectivity index (χ4n) is 2.78. The molecule has 3 aromatic carbocycles. The van der Waals surface area contributed by atoms with Crippen LogP contribution in [0.15, 0.2) is 89.8 Å². The third-order valence-electron chi connectivity index (χ3n) is 4.08. The molecular weight excluding hydrogens is 334 g/mol. The fourth-order valence-corrected chi connectivity index (χ4v) is 4.28. The first-order chi connectivity index (χ1) is 12.2. The van der Waals surface area contributed by atoms with Crippen LogP contribution in [0, 0.1) is 0 Å². The maximum atomic E-state index is 13.3. The summed E-state index contributed by atoms with van der Waals surface area (Å²) in [6.07, 6.45) is 0.0667. The van der Waals surface area contributed by atoms with E-state index in [-0.39, 0.29) is 11.0 Å². The molecule has 4 nitrogen and oxygen atoms in total. The van der Waals surface area contributed by atoms with E-state index in [0.29, 0.717) is 18.0 Å². The maximum absolute atomic E-state index is 13.3. The molecule has 126 valence electrons. The van der Waals surface area contributed by atoms with Gasteiger partial charge in [-0.25, -0.2) is 12.7 Å². The zero-order chi connectivity index (χ0) is 17.3. The van der Waals surface area contributed by atoms with Gasteiger partial charge in [0.2, 0.25) is 0 Å². The number of hydrogen-bond acceptors (Lipinski definition) is 3. The second-order valence-corrected chi connectivity index (χ2v) is 7.62. The lowest BCUT2D eigenvalue weighted by molar-refractivity contribution is 0.415. The van der Waals surface area contributed by atoms with Crippen molar-refractivity contribution in [3.05, 3.63) is 90.5 Å². The number of rotatable bonds is 5. The van der Waals surface area contributed by atoms with Gasteiger partial charge in [-0.1, -0.05) is 48.5 Å². The largest absolute Gasteiger partial charge is 0.368 e. The molecule has 0 aliphatic carbocycles. The lowest BCUT2D eigenvalue weighted by Crippen LogP contribution is -2.26. The number of anilines is 2. The summed E-state index contributed by atoms with van der Waals surface area (Å²) in [6.45, 7) is 0.681. The molecule has 0 saturated carbocycles. The summed E-state index contributed by atoms with van der Waals surface area (Å²) in [5, 5.41) is 0. The first-order valence-electron chi connectivity index (χ1n) is 8.03. The van der Waals surface area contributed by atoms with E-state index in [9.17, 15) is 8.42 Å². The van der Waals surface area contributed by atoms with Crippen LogP contribution in [-0.2, 0) is 14.8 Å². The maximum Gasteiger partial charge on any atom is 0.268 e. The fraction of sp³-hybridized carbons (Fsp3) is 0.100. The third kappa shape index (κ3) is 3.16. The topological polar surface area (TPSA) is 49.9 Å². The predicted octanol–water partition coefficient (Wildman–Crippen LogP) is 4.28. The summed E-state index contributed by atoms with van der Waals surface area (Å²) >= 11 is 0. The van der Waals surface area contributed by atoms with Gasteiger partial charge in [-0.3, -0.25) is 0 Å². The Kier molecular flexibility index (Phi) is 4.03. The van der Waals surface area contributed by atoms with E-state index in [1.807, 2.05) is 36.4 Å². The van der Waals surface area contributed by atoms with Crippen molar-refractivity contribution < 1.29 is 13.2 Å². The highest BCUT2D eigenvalue weighted by Gasteiger charge is 2.29. The second kappa shape index (κ2) is 6.35. The third-order valence-corrected chi connectivity index (χ3v) is 5.85. The number of nitrogens with zero attached hydrogens (tertiary/aromatic N) is 1. The van der Waals surface area contributed by atoms with Crippen LogP contribution in [0.1, 0.15) is 11.7 Å². The SMILES string of the molecule is O=S(=O)(c1ccccc1)N(c1ccccc1)c1cccc(C2CO2)c1. The molecule has 1 aliphatic rings. The Balaban J connectivity index is 1.87. The molecule has 1 atom stereocenters. The first-order valence-corrected chi connectivity index (χ1v) is 9.47. The van der Waals surface area contributed by atoms with Crippen molar-refractivity contribution in [3.8, 4) is 0 Å². The monoisotopic (exact) mass is 351 g/mol. The Bertz CT molecular complexity index is 968. The van der Waals surface area contributed by atoms with E-state index in [2.05, 4.69) is 0 Å². The van der Waals surface area contributed by atoms with Crippen LogP contribution in [-0.4, -0.2) is 15.0 Å². The molecule has 0 spiro atoms. The molecule has 0 aromatic heterocycles. The minimum atomic E-state index is -3.74. The molecule has 1 unspecified atom stereocenters. The first kappa shape index (κ1) is 15.9. The molecule has 3 aromatic rings. The van der Waals surface area contributed by atoms with Crippen LogP contribution in [0.25, 0.3) is 0 Å². The van der Waals surface area contributed by atoms with Crippen molar-refractivity contribution in [1.29, 1.82) is 0 Å². The standard InChI is InChI=1S/C20H17NO3S/c22-25(23,19-12-5-2-6-13-19)21(17-9-3-1-4-10-17)18-11-7-8-16(14-18)20-15-24-20/h1-14,20H,15H2. The molecule has 0 N–H and O–H groups in total. The zero-order valence-electron chi connectivity index (χ0n) is 13.4. The van der Waals surface area contributed by atoms with Gasteiger partial charge in [0.1, 0.15) is 6.10 Å². The van der Waals surface area contributed by atoms with Gasteiger partial charge in [-0.2, -0.15) is 0 Å². The summed E-state index contributed by atoms with van der Waals surface area (Å²) < 4.78 is 33.4. The number of epoxide rings is 1. The minimum Gasteiger partial charge on any atom is -0.368 e. The summed E-state index contributed by atoms with van der Waals surface area (Å²) in [7, 11) is -3.74. The van der Waals surface area contributed by atoms with Crippen molar-refractivity contribution in [2.24, 2.45) is 0 Å². The molecule has 0 bridgehead atoms.